The molecule has 1 amide bonds. The van der Waals surface area contributed by atoms with E-state index in [0.29, 0.717) is 13.0 Å². The number of carbonyl (C=O) groups is 1. The van der Waals surface area contributed by atoms with Crippen LogP contribution in [0.4, 0.5) is 5.69 Å². The zero-order valence-corrected chi connectivity index (χ0v) is 11.2. The molecule has 0 aliphatic carbocycles. The second-order valence-corrected chi connectivity index (χ2v) is 5.23. The van der Waals surface area contributed by atoms with Crippen molar-refractivity contribution in [3.8, 4) is 0 Å². The molecule has 0 bridgehead atoms. The van der Waals surface area contributed by atoms with E-state index in [4.69, 9.17) is 10.5 Å². The Hall–Kier alpha value is -0.910. The van der Waals surface area contributed by atoms with Crippen molar-refractivity contribution >= 4 is 27.5 Å². The SMILES string of the molecule is Cc1ccc(NC(=O)C2(N)CCOC2)cc1Br. The molecular weight excluding hydrogens is 284 g/mol. The Balaban J connectivity index is 2.10. The van der Waals surface area contributed by atoms with Gasteiger partial charge in [0.05, 0.1) is 6.61 Å². The Morgan fingerprint density at radius 2 is 2.35 bits per heavy atom. The third-order valence-corrected chi connectivity index (χ3v) is 3.79. The Labute approximate surface area is 109 Å². The molecule has 1 fully saturated rings. The van der Waals surface area contributed by atoms with E-state index >= 15 is 0 Å². The fraction of sp³-hybridized carbons (Fsp3) is 0.417. The first-order valence-electron chi connectivity index (χ1n) is 5.45. The topological polar surface area (TPSA) is 64.4 Å². The highest BCUT2D eigenvalue weighted by Crippen LogP contribution is 2.23. The summed E-state index contributed by atoms with van der Waals surface area (Å²) in [5.74, 6) is -0.189. The van der Waals surface area contributed by atoms with Crippen LogP contribution in [-0.2, 0) is 9.53 Å². The predicted octanol–water partition coefficient (Wildman–Crippen LogP) is 1.81. The van der Waals surface area contributed by atoms with Crippen molar-refractivity contribution in [2.45, 2.75) is 18.9 Å². The maximum atomic E-state index is 12.0. The van der Waals surface area contributed by atoms with Crippen LogP contribution >= 0.6 is 15.9 Å². The zero-order valence-electron chi connectivity index (χ0n) is 9.63. The number of halogens is 1. The number of aryl methyl sites for hydroxylation is 1. The number of anilines is 1. The normalized spacial score (nSPS) is 23.7. The monoisotopic (exact) mass is 298 g/mol. The van der Waals surface area contributed by atoms with Gasteiger partial charge in [-0.2, -0.15) is 0 Å². The van der Waals surface area contributed by atoms with Crippen LogP contribution in [0.3, 0.4) is 0 Å². The van der Waals surface area contributed by atoms with Gasteiger partial charge in [0.2, 0.25) is 5.91 Å². The first kappa shape index (κ1) is 12.5. The highest BCUT2D eigenvalue weighted by molar-refractivity contribution is 9.10. The van der Waals surface area contributed by atoms with Crippen LogP contribution < -0.4 is 11.1 Å². The summed E-state index contributed by atoms with van der Waals surface area (Å²) in [5, 5.41) is 2.82. The molecule has 0 radical (unpaired) electrons. The third kappa shape index (κ3) is 2.68. The minimum absolute atomic E-state index is 0.189. The van der Waals surface area contributed by atoms with Gasteiger partial charge in [0, 0.05) is 16.8 Å². The van der Waals surface area contributed by atoms with Gasteiger partial charge in [0.25, 0.3) is 0 Å². The third-order valence-electron chi connectivity index (χ3n) is 2.93. The second kappa shape index (κ2) is 4.76. The van der Waals surface area contributed by atoms with Crippen molar-refractivity contribution in [1.29, 1.82) is 0 Å². The highest BCUT2D eigenvalue weighted by atomic mass is 79.9. The predicted molar refractivity (Wildman–Crippen MR) is 69.9 cm³/mol. The van der Waals surface area contributed by atoms with Gasteiger partial charge in [-0.25, -0.2) is 0 Å². The number of rotatable bonds is 2. The Morgan fingerprint density at radius 3 is 2.94 bits per heavy atom. The van der Waals surface area contributed by atoms with Gasteiger partial charge in [-0.15, -0.1) is 0 Å². The van der Waals surface area contributed by atoms with Gasteiger partial charge in [-0.3, -0.25) is 4.79 Å². The number of nitrogens with two attached hydrogens (primary N) is 1. The lowest BCUT2D eigenvalue weighted by Gasteiger charge is -2.20. The lowest BCUT2D eigenvalue weighted by atomic mass is 9.99. The molecule has 1 aromatic rings. The van der Waals surface area contributed by atoms with E-state index in [-0.39, 0.29) is 12.5 Å². The first-order chi connectivity index (χ1) is 8.01. The van der Waals surface area contributed by atoms with E-state index in [1.165, 1.54) is 0 Å². The summed E-state index contributed by atoms with van der Waals surface area (Å²) in [7, 11) is 0. The van der Waals surface area contributed by atoms with Crippen LogP contribution in [0.2, 0.25) is 0 Å². The second-order valence-electron chi connectivity index (χ2n) is 4.38. The van der Waals surface area contributed by atoms with Crippen molar-refractivity contribution in [3.63, 3.8) is 0 Å². The molecule has 0 spiro atoms. The Kier molecular flexibility index (Phi) is 3.51. The molecule has 1 unspecified atom stereocenters. The molecule has 5 heteroatoms. The molecular formula is C12H15BrN2O2. The molecule has 3 N–H and O–H groups in total. The summed E-state index contributed by atoms with van der Waals surface area (Å²) in [4.78, 5) is 12.0. The van der Waals surface area contributed by atoms with Gasteiger partial charge < -0.3 is 15.8 Å². The molecule has 0 saturated carbocycles. The van der Waals surface area contributed by atoms with Crippen molar-refractivity contribution in [2.24, 2.45) is 5.73 Å². The van der Waals surface area contributed by atoms with Crippen molar-refractivity contribution in [1.82, 2.24) is 0 Å². The van der Waals surface area contributed by atoms with Crippen LogP contribution in [-0.4, -0.2) is 24.7 Å². The summed E-state index contributed by atoms with van der Waals surface area (Å²) in [6.45, 7) is 2.82. The van der Waals surface area contributed by atoms with Crippen molar-refractivity contribution < 1.29 is 9.53 Å². The molecule has 1 aliphatic rings. The summed E-state index contributed by atoms with van der Waals surface area (Å²) < 4.78 is 6.13. The molecule has 1 heterocycles. The smallest absolute Gasteiger partial charge is 0.246 e. The zero-order chi connectivity index (χ0) is 12.5. The number of amides is 1. The number of nitrogens with one attached hydrogen (secondary N) is 1. The van der Waals surface area contributed by atoms with E-state index in [2.05, 4.69) is 21.2 Å². The van der Waals surface area contributed by atoms with Crippen molar-refractivity contribution in [2.75, 3.05) is 18.5 Å². The van der Waals surface area contributed by atoms with E-state index in [1.807, 2.05) is 25.1 Å². The molecule has 1 aliphatic heterocycles. The maximum Gasteiger partial charge on any atom is 0.246 e. The number of hydrogen-bond acceptors (Lipinski definition) is 3. The van der Waals surface area contributed by atoms with E-state index in [0.717, 1.165) is 15.7 Å². The van der Waals surface area contributed by atoms with Gasteiger partial charge in [-0.05, 0) is 31.0 Å². The van der Waals surface area contributed by atoms with E-state index in [9.17, 15) is 4.79 Å². The summed E-state index contributed by atoms with van der Waals surface area (Å²) in [6.07, 6.45) is 0.561. The Bertz CT molecular complexity index is 442. The number of carbonyl (C=O) groups excluding carboxylic acids is 1. The van der Waals surface area contributed by atoms with E-state index < -0.39 is 5.54 Å². The average Bonchev–Trinajstić information content (AvgIpc) is 2.72. The van der Waals surface area contributed by atoms with Crippen LogP contribution in [0.5, 0.6) is 0 Å². The molecule has 92 valence electrons. The molecule has 1 atom stereocenters. The number of hydrogen-bond donors (Lipinski definition) is 2. The highest BCUT2D eigenvalue weighted by Gasteiger charge is 2.38. The molecule has 0 aromatic heterocycles. The summed E-state index contributed by atoms with van der Waals surface area (Å²) in [6, 6.07) is 5.66. The van der Waals surface area contributed by atoms with Crippen LogP contribution in [0.1, 0.15) is 12.0 Å². The first-order valence-corrected chi connectivity index (χ1v) is 6.25. The minimum Gasteiger partial charge on any atom is -0.379 e. The number of benzene rings is 1. The summed E-state index contributed by atoms with van der Waals surface area (Å²) >= 11 is 3.43. The molecule has 1 aromatic carbocycles. The molecule has 1 saturated heterocycles. The lowest BCUT2D eigenvalue weighted by Crippen LogP contribution is -2.51. The standard InChI is InChI=1S/C12H15BrN2O2/c1-8-2-3-9(6-10(8)13)15-11(16)12(14)4-5-17-7-12/h2-3,6H,4-5,7,14H2,1H3,(H,15,16). The van der Waals surface area contributed by atoms with Gasteiger partial charge >= 0.3 is 0 Å². The van der Waals surface area contributed by atoms with Crippen molar-refractivity contribution in [3.05, 3.63) is 28.2 Å². The average molecular weight is 299 g/mol. The van der Waals surface area contributed by atoms with Crippen LogP contribution in [0, 0.1) is 6.92 Å². The molecule has 2 rings (SSSR count). The minimum atomic E-state index is -0.892. The largest absolute Gasteiger partial charge is 0.379 e. The van der Waals surface area contributed by atoms with Gasteiger partial charge in [0.1, 0.15) is 5.54 Å². The van der Waals surface area contributed by atoms with Gasteiger partial charge in [-0.1, -0.05) is 22.0 Å². The Morgan fingerprint density at radius 1 is 1.59 bits per heavy atom. The van der Waals surface area contributed by atoms with E-state index in [1.54, 1.807) is 0 Å². The quantitative estimate of drug-likeness (QED) is 0.875. The van der Waals surface area contributed by atoms with Crippen LogP contribution in [0.15, 0.2) is 22.7 Å². The van der Waals surface area contributed by atoms with Crippen LogP contribution in [0.25, 0.3) is 0 Å². The molecule has 17 heavy (non-hydrogen) atoms. The van der Waals surface area contributed by atoms with Gasteiger partial charge in [0.15, 0.2) is 0 Å². The fourth-order valence-corrected chi connectivity index (χ4v) is 2.06. The summed E-state index contributed by atoms with van der Waals surface area (Å²) in [5.41, 5.74) is 6.94. The lowest BCUT2D eigenvalue weighted by molar-refractivity contribution is -0.121. The maximum absolute atomic E-state index is 12.0. The fourth-order valence-electron chi connectivity index (χ4n) is 1.69. The molecule has 4 nitrogen and oxygen atoms in total. The number of ether oxygens (including phenoxy) is 1.